The lowest BCUT2D eigenvalue weighted by molar-refractivity contribution is -0.130. The van der Waals surface area contributed by atoms with E-state index in [1.165, 1.54) is 0 Å². The number of amides is 3. The van der Waals surface area contributed by atoms with Gasteiger partial charge in [0.1, 0.15) is 0 Å². The third-order valence-electron chi connectivity index (χ3n) is 5.81. The Hall–Kier alpha value is -2.08. The van der Waals surface area contributed by atoms with Crippen molar-refractivity contribution in [3.8, 4) is 0 Å². The Kier molecular flexibility index (Phi) is 6.05. The number of anilines is 1. The zero-order valence-corrected chi connectivity index (χ0v) is 16.6. The maximum absolute atomic E-state index is 13.0. The Morgan fingerprint density at radius 2 is 1.96 bits per heavy atom. The molecule has 6 heteroatoms. The van der Waals surface area contributed by atoms with Crippen LogP contribution in [0.25, 0.3) is 0 Å². The van der Waals surface area contributed by atoms with Crippen LogP contribution < -0.4 is 10.6 Å². The van der Waals surface area contributed by atoms with E-state index in [9.17, 15) is 9.59 Å². The average Bonchev–Trinajstić information content (AvgIpc) is 3.01. The Morgan fingerprint density at radius 3 is 2.63 bits per heavy atom. The first-order valence-corrected chi connectivity index (χ1v) is 9.97. The van der Waals surface area contributed by atoms with Crippen molar-refractivity contribution in [2.45, 2.75) is 46.1 Å². The van der Waals surface area contributed by atoms with E-state index in [4.69, 9.17) is 4.74 Å². The highest BCUT2D eigenvalue weighted by molar-refractivity contribution is 5.91. The predicted molar refractivity (Wildman–Crippen MR) is 106 cm³/mol. The zero-order chi connectivity index (χ0) is 19.4. The highest BCUT2D eigenvalue weighted by Crippen LogP contribution is 2.44. The molecule has 2 aliphatic rings. The molecule has 0 bridgehead atoms. The molecule has 1 aromatic rings. The summed E-state index contributed by atoms with van der Waals surface area (Å²) in [7, 11) is 0. The van der Waals surface area contributed by atoms with Crippen LogP contribution >= 0.6 is 0 Å². The minimum absolute atomic E-state index is 0.0520. The van der Waals surface area contributed by atoms with E-state index in [0.717, 1.165) is 30.5 Å². The molecule has 0 saturated carbocycles. The molecule has 2 N–H and O–H groups in total. The molecule has 6 nitrogen and oxygen atoms in total. The van der Waals surface area contributed by atoms with Gasteiger partial charge in [-0.1, -0.05) is 25.1 Å². The van der Waals surface area contributed by atoms with Crippen molar-refractivity contribution in [3.63, 3.8) is 0 Å². The Morgan fingerprint density at radius 1 is 1.26 bits per heavy atom. The second-order valence-electron chi connectivity index (χ2n) is 8.01. The largest absolute Gasteiger partial charge is 0.381 e. The molecule has 2 aliphatic heterocycles. The van der Waals surface area contributed by atoms with Crippen LogP contribution in [0.3, 0.4) is 0 Å². The molecule has 3 rings (SSSR count). The van der Waals surface area contributed by atoms with Crippen LogP contribution in [0.1, 0.15) is 39.2 Å². The average molecular weight is 373 g/mol. The van der Waals surface area contributed by atoms with Crippen LogP contribution in [0.2, 0.25) is 0 Å². The van der Waals surface area contributed by atoms with Gasteiger partial charge < -0.3 is 20.3 Å². The van der Waals surface area contributed by atoms with Gasteiger partial charge in [-0.05, 0) is 44.7 Å². The smallest absolute Gasteiger partial charge is 0.321 e. The van der Waals surface area contributed by atoms with Crippen molar-refractivity contribution in [2.75, 3.05) is 31.6 Å². The lowest BCUT2D eigenvalue weighted by Crippen LogP contribution is -2.46. The number of likely N-dealkylation sites (tertiary alicyclic amines) is 1. The first-order chi connectivity index (χ1) is 12.9. The molecule has 2 fully saturated rings. The molecule has 1 atom stereocenters. The van der Waals surface area contributed by atoms with Gasteiger partial charge in [-0.25, -0.2) is 4.79 Å². The van der Waals surface area contributed by atoms with Crippen LogP contribution in [-0.2, 0) is 16.0 Å². The van der Waals surface area contributed by atoms with Gasteiger partial charge in [-0.3, -0.25) is 4.79 Å². The number of para-hydroxylation sites is 1. The van der Waals surface area contributed by atoms with Crippen LogP contribution in [0.15, 0.2) is 24.3 Å². The standard InChI is InChI=1S/C21H31N3O3/c1-4-16-7-5-6-8-18(16)23-20(26)24-13-17(19(25)22-15(2)3)21(14-24)9-11-27-12-10-21/h5-8,15,17H,4,9-14H2,1-3H3,(H,22,25)(H,23,26)/t17-/m1/s1. The number of hydrogen-bond acceptors (Lipinski definition) is 3. The molecule has 0 aliphatic carbocycles. The second-order valence-corrected chi connectivity index (χ2v) is 8.01. The monoisotopic (exact) mass is 373 g/mol. The highest BCUT2D eigenvalue weighted by Gasteiger charge is 2.51. The van der Waals surface area contributed by atoms with Crippen molar-refractivity contribution < 1.29 is 14.3 Å². The summed E-state index contributed by atoms with van der Waals surface area (Å²) in [5.74, 6) is -0.132. The van der Waals surface area contributed by atoms with Crippen molar-refractivity contribution in [3.05, 3.63) is 29.8 Å². The summed E-state index contributed by atoms with van der Waals surface area (Å²) in [5.41, 5.74) is 1.78. The molecule has 3 amide bonds. The highest BCUT2D eigenvalue weighted by atomic mass is 16.5. The quantitative estimate of drug-likeness (QED) is 0.852. The summed E-state index contributed by atoms with van der Waals surface area (Å²) in [5, 5.41) is 6.10. The van der Waals surface area contributed by atoms with Gasteiger partial charge in [0, 0.05) is 43.4 Å². The van der Waals surface area contributed by atoms with Gasteiger partial charge in [0.25, 0.3) is 0 Å². The fourth-order valence-electron chi connectivity index (χ4n) is 4.30. The summed E-state index contributed by atoms with van der Waals surface area (Å²) < 4.78 is 5.54. The fourth-order valence-corrected chi connectivity index (χ4v) is 4.30. The van der Waals surface area contributed by atoms with E-state index in [-0.39, 0.29) is 29.3 Å². The van der Waals surface area contributed by atoms with Gasteiger partial charge >= 0.3 is 6.03 Å². The summed E-state index contributed by atoms with van der Waals surface area (Å²) in [6.45, 7) is 8.37. The van der Waals surface area contributed by atoms with E-state index in [0.29, 0.717) is 26.3 Å². The number of benzene rings is 1. The maximum Gasteiger partial charge on any atom is 0.321 e. The molecule has 148 valence electrons. The molecular weight excluding hydrogens is 342 g/mol. The van der Waals surface area contributed by atoms with E-state index >= 15 is 0 Å². The van der Waals surface area contributed by atoms with E-state index < -0.39 is 0 Å². The number of hydrogen-bond donors (Lipinski definition) is 2. The summed E-state index contributed by atoms with van der Waals surface area (Å²) >= 11 is 0. The third kappa shape index (κ3) is 4.26. The molecule has 0 unspecified atom stereocenters. The lowest BCUT2D eigenvalue weighted by Gasteiger charge is -2.37. The Bertz CT molecular complexity index is 683. The van der Waals surface area contributed by atoms with Gasteiger partial charge in [-0.15, -0.1) is 0 Å². The summed E-state index contributed by atoms with van der Waals surface area (Å²) in [6.07, 6.45) is 2.49. The van der Waals surface area contributed by atoms with Gasteiger partial charge in [0.15, 0.2) is 0 Å². The predicted octanol–water partition coefficient (Wildman–Crippen LogP) is 3.03. The SMILES string of the molecule is CCc1ccccc1NC(=O)N1C[C@H](C(=O)NC(C)C)C2(CCOCC2)C1. The number of aryl methyl sites for hydroxylation is 1. The minimum Gasteiger partial charge on any atom is -0.381 e. The van der Waals surface area contributed by atoms with Crippen LogP contribution in [0.4, 0.5) is 10.5 Å². The van der Waals surface area contributed by atoms with Crippen LogP contribution in [0.5, 0.6) is 0 Å². The van der Waals surface area contributed by atoms with Crippen molar-refractivity contribution in [1.82, 2.24) is 10.2 Å². The number of ether oxygens (including phenoxy) is 1. The molecule has 1 spiro atoms. The first-order valence-electron chi connectivity index (χ1n) is 9.97. The maximum atomic E-state index is 13.0. The summed E-state index contributed by atoms with van der Waals surface area (Å²) in [4.78, 5) is 27.6. The molecule has 1 aromatic carbocycles. The van der Waals surface area contributed by atoms with Crippen molar-refractivity contribution >= 4 is 17.6 Å². The number of nitrogens with one attached hydrogen (secondary N) is 2. The number of urea groups is 1. The van der Waals surface area contributed by atoms with Crippen LogP contribution in [-0.4, -0.2) is 49.2 Å². The van der Waals surface area contributed by atoms with E-state index in [2.05, 4.69) is 17.6 Å². The van der Waals surface area contributed by atoms with Gasteiger partial charge in [0.05, 0.1) is 5.92 Å². The first kappa shape index (κ1) is 19.7. The topological polar surface area (TPSA) is 70.7 Å². The Balaban J connectivity index is 1.76. The van der Waals surface area contributed by atoms with E-state index in [1.54, 1.807) is 0 Å². The lowest BCUT2D eigenvalue weighted by atomic mass is 9.71. The third-order valence-corrected chi connectivity index (χ3v) is 5.81. The zero-order valence-electron chi connectivity index (χ0n) is 16.6. The Labute approximate surface area is 161 Å². The van der Waals surface area contributed by atoms with Crippen molar-refractivity contribution in [1.29, 1.82) is 0 Å². The molecule has 0 radical (unpaired) electrons. The summed E-state index contributed by atoms with van der Waals surface area (Å²) in [6, 6.07) is 7.83. The van der Waals surface area contributed by atoms with Gasteiger partial charge in [-0.2, -0.15) is 0 Å². The van der Waals surface area contributed by atoms with Crippen LogP contribution in [0, 0.1) is 11.3 Å². The van der Waals surface area contributed by atoms with Gasteiger partial charge in [0.2, 0.25) is 5.91 Å². The molecular formula is C21H31N3O3. The number of carbonyl (C=O) groups excluding carboxylic acids is 2. The fraction of sp³-hybridized carbons (Fsp3) is 0.619. The number of nitrogens with zero attached hydrogens (tertiary/aromatic N) is 1. The number of carbonyl (C=O) groups is 2. The normalized spacial score (nSPS) is 21.5. The molecule has 0 aromatic heterocycles. The second kappa shape index (κ2) is 8.30. The van der Waals surface area contributed by atoms with Crippen molar-refractivity contribution in [2.24, 2.45) is 11.3 Å². The molecule has 2 saturated heterocycles. The number of rotatable bonds is 4. The molecule has 2 heterocycles. The van der Waals surface area contributed by atoms with E-state index in [1.807, 2.05) is 43.0 Å². The molecule has 27 heavy (non-hydrogen) atoms. The minimum atomic E-state index is -0.184.